The van der Waals surface area contributed by atoms with Gasteiger partial charge in [0.15, 0.2) is 23.3 Å². The lowest BCUT2D eigenvalue weighted by Crippen LogP contribution is -2.19. The second-order valence-electron chi connectivity index (χ2n) is 7.21. The molecule has 0 aliphatic heterocycles. The molecule has 0 spiro atoms. The van der Waals surface area contributed by atoms with E-state index in [2.05, 4.69) is 15.3 Å². The number of hydrogen-bond acceptors (Lipinski definition) is 4. The highest BCUT2D eigenvalue weighted by Gasteiger charge is 2.30. The Labute approximate surface area is 175 Å². The van der Waals surface area contributed by atoms with Gasteiger partial charge in [0, 0.05) is 28.9 Å². The van der Waals surface area contributed by atoms with Crippen LogP contribution in [0, 0.1) is 37.1 Å². The molecule has 158 valence electrons. The first-order valence-corrected chi connectivity index (χ1v) is 9.37. The van der Waals surface area contributed by atoms with Gasteiger partial charge in [-0.2, -0.15) is 0 Å². The van der Waals surface area contributed by atoms with Crippen molar-refractivity contribution in [2.75, 3.05) is 5.32 Å². The summed E-state index contributed by atoms with van der Waals surface area (Å²) in [5, 5.41) is 14.3. The fourth-order valence-electron chi connectivity index (χ4n) is 3.43. The highest BCUT2D eigenvalue weighted by molar-refractivity contribution is 5.86. The van der Waals surface area contributed by atoms with Crippen molar-refractivity contribution >= 4 is 16.7 Å². The van der Waals surface area contributed by atoms with E-state index in [4.69, 9.17) is 0 Å². The minimum atomic E-state index is -1.57. The monoisotopic (exact) mass is 427 g/mol. The molecule has 0 saturated heterocycles. The highest BCUT2D eigenvalue weighted by atomic mass is 19.2. The fraction of sp³-hybridized carbons (Fsp3) is 0.130. The van der Waals surface area contributed by atoms with Crippen LogP contribution in [0.5, 0.6) is 5.75 Å². The summed E-state index contributed by atoms with van der Waals surface area (Å²) in [5.74, 6) is -6.40. The van der Waals surface area contributed by atoms with Gasteiger partial charge in [-0.25, -0.2) is 27.5 Å². The van der Waals surface area contributed by atoms with Gasteiger partial charge in [0.2, 0.25) is 0 Å². The molecule has 0 aliphatic carbocycles. The van der Waals surface area contributed by atoms with Crippen LogP contribution in [0.1, 0.15) is 28.4 Å². The van der Waals surface area contributed by atoms with Gasteiger partial charge >= 0.3 is 0 Å². The number of rotatable bonds is 4. The van der Waals surface area contributed by atoms with Crippen LogP contribution >= 0.6 is 0 Å². The molecule has 4 rings (SSSR count). The first kappa shape index (κ1) is 20.6. The first-order valence-electron chi connectivity index (χ1n) is 9.37. The number of hydrogen-bond donors (Lipinski definition) is 2. The van der Waals surface area contributed by atoms with Gasteiger partial charge in [-0.15, -0.1) is 0 Å². The maximum Gasteiger partial charge on any atom is 0.167 e. The summed E-state index contributed by atoms with van der Waals surface area (Å²) in [7, 11) is 0. The first-order chi connectivity index (χ1) is 14.8. The molecular weight excluding hydrogens is 410 g/mol. The molecule has 0 saturated carbocycles. The minimum absolute atomic E-state index is 0.0169. The van der Waals surface area contributed by atoms with Crippen LogP contribution in [0.4, 0.5) is 23.4 Å². The zero-order valence-corrected chi connectivity index (χ0v) is 16.5. The van der Waals surface area contributed by atoms with Gasteiger partial charge in [-0.3, -0.25) is 0 Å². The van der Waals surface area contributed by atoms with E-state index < -0.39 is 34.9 Å². The summed E-state index contributed by atoms with van der Waals surface area (Å²) >= 11 is 0. The highest BCUT2D eigenvalue weighted by Crippen LogP contribution is 2.39. The molecule has 0 aliphatic rings. The van der Waals surface area contributed by atoms with E-state index >= 15 is 0 Å². The third-order valence-corrected chi connectivity index (χ3v) is 4.96. The van der Waals surface area contributed by atoms with E-state index in [0.717, 1.165) is 5.56 Å². The molecule has 2 heterocycles. The number of nitrogens with one attached hydrogen (secondary N) is 1. The van der Waals surface area contributed by atoms with Crippen molar-refractivity contribution in [1.82, 2.24) is 9.97 Å². The van der Waals surface area contributed by atoms with Gasteiger partial charge in [-0.1, -0.05) is 18.2 Å². The number of phenolic OH excluding ortho intramolecular Hbond substituents is 1. The SMILES string of the molecule is Cc1ccnc(NC(c2ccc3ccc(C)nc3c2O)c2c(F)c(F)cc(F)c2F)c1. The molecule has 8 heteroatoms. The molecular formula is C23H17F4N3O. The summed E-state index contributed by atoms with van der Waals surface area (Å²) < 4.78 is 57.5. The van der Waals surface area contributed by atoms with Crippen LogP contribution in [-0.2, 0) is 0 Å². The second kappa shape index (κ2) is 7.86. The van der Waals surface area contributed by atoms with Crippen molar-refractivity contribution in [3.8, 4) is 5.75 Å². The molecule has 2 N–H and O–H groups in total. The molecule has 0 amide bonds. The number of halogens is 4. The van der Waals surface area contributed by atoms with Gasteiger partial charge in [0.25, 0.3) is 0 Å². The Kier molecular flexibility index (Phi) is 5.22. The second-order valence-corrected chi connectivity index (χ2v) is 7.21. The van der Waals surface area contributed by atoms with Gasteiger partial charge in [0.05, 0.1) is 11.6 Å². The van der Waals surface area contributed by atoms with Crippen molar-refractivity contribution in [3.05, 3.63) is 94.3 Å². The maximum absolute atomic E-state index is 14.7. The van der Waals surface area contributed by atoms with Crippen molar-refractivity contribution < 1.29 is 22.7 Å². The Morgan fingerprint density at radius 3 is 2.26 bits per heavy atom. The largest absolute Gasteiger partial charge is 0.505 e. The van der Waals surface area contributed by atoms with Crippen LogP contribution in [0.2, 0.25) is 0 Å². The van der Waals surface area contributed by atoms with Crippen LogP contribution in [0.25, 0.3) is 10.9 Å². The lowest BCUT2D eigenvalue weighted by atomic mass is 9.94. The number of pyridine rings is 2. The van der Waals surface area contributed by atoms with Crippen LogP contribution in [-0.4, -0.2) is 15.1 Å². The minimum Gasteiger partial charge on any atom is -0.505 e. The topological polar surface area (TPSA) is 58.0 Å². The van der Waals surface area contributed by atoms with E-state index in [-0.39, 0.29) is 28.7 Å². The molecule has 1 unspecified atom stereocenters. The number of aryl methyl sites for hydroxylation is 2. The molecule has 2 aromatic carbocycles. The van der Waals surface area contributed by atoms with Crippen molar-refractivity contribution in [1.29, 1.82) is 0 Å². The number of aromatic hydroxyl groups is 1. The number of benzene rings is 2. The summed E-state index contributed by atoms with van der Waals surface area (Å²) in [4.78, 5) is 8.38. The Morgan fingerprint density at radius 1 is 0.903 bits per heavy atom. The average Bonchev–Trinajstić information content (AvgIpc) is 2.73. The zero-order chi connectivity index (χ0) is 22.3. The summed E-state index contributed by atoms with van der Waals surface area (Å²) in [6.07, 6.45) is 1.47. The summed E-state index contributed by atoms with van der Waals surface area (Å²) in [6, 6.07) is 8.45. The van der Waals surface area contributed by atoms with E-state index in [9.17, 15) is 22.7 Å². The van der Waals surface area contributed by atoms with Crippen molar-refractivity contribution in [2.45, 2.75) is 19.9 Å². The number of anilines is 1. The lowest BCUT2D eigenvalue weighted by Gasteiger charge is -2.23. The summed E-state index contributed by atoms with van der Waals surface area (Å²) in [5.41, 5.74) is 0.667. The van der Waals surface area contributed by atoms with Crippen molar-refractivity contribution in [3.63, 3.8) is 0 Å². The molecule has 0 fully saturated rings. The molecule has 0 radical (unpaired) electrons. The predicted molar refractivity (Wildman–Crippen MR) is 109 cm³/mol. The third kappa shape index (κ3) is 3.76. The third-order valence-electron chi connectivity index (χ3n) is 4.96. The Hall–Kier alpha value is -3.68. The molecule has 4 nitrogen and oxygen atoms in total. The van der Waals surface area contributed by atoms with Crippen LogP contribution in [0.15, 0.2) is 48.7 Å². The van der Waals surface area contributed by atoms with Crippen molar-refractivity contribution in [2.24, 2.45) is 0 Å². The smallest absolute Gasteiger partial charge is 0.167 e. The molecule has 4 aromatic rings. The van der Waals surface area contributed by atoms with E-state index in [1.807, 2.05) is 0 Å². The quantitative estimate of drug-likeness (QED) is 0.324. The fourth-order valence-corrected chi connectivity index (χ4v) is 3.43. The van der Waals surface area contributed by atoms with Crippen LogP contribution < -0.4 is 5.32 Å². The Morgan fingerprint density at radius 2 is 1.58 bits per heavy atom. The van der Waals surface area contributed by atoms with Crippen LogP contribution in [0.3, 0.4) is 0 Å². The van der Waals surface area contributed by atoms with E-state index in [0.29, 0.717) is 11.1 Å². The molecule has 31 heavy (non-hydrogen) atoms. The molecule has 2 aromatic heterocycles. The number of phenols is 1. The predicted octanol–water partition coefficient (Wildman–Crippen LogP) is 5.71. The summed E-state index contributed by atoms with van der Waals surface area (Å²) in [6.45, 7) is 3.50. The van der Waals surface area contributed by atoms with E-state index in [1.165, 1.54) is 12.3 Å². The standard InChI is InChI=1S/C23H17F4N3O/c1-11-7-8-28-17(9-11)30-22(18-19(26)15(24)10-16(25)20(18)27)14-6-5-13-4-3-12(2)29-21(13)23(14)31/h3-10,22,31H,1-2H3,(H,28,30). The van der Waals surface area contributed by atoms with Gasteiger partial charge < -0.3 is 10.4 Å². The zero-order valence-electron chi connectivity index (χ0n) is 16.5. The number of aromatic nitrogens is 2. The van der Waals surface area contributed by atoms with E-state index in [1.54, 1.807) is 44.2 Å². The lowest BCUT2D eigenvalue weighted by molar-refractivity contribution is 0.431. The number of fused-ring (bicyclic) bond motifs is 1. The maximum atomic E-state index is 14.7. The molecule has 0 bridgehead atoms. The van der Waals surface area contributed by atoms with Gasteiger partial charge in [-0.05, 0) is 37.6 Å². The molecule has 1 atom stereocenters. The number of nitrogens with zero attached hydrogens (tertiary/aromatic N) is 2. The van der Waals surface area contributed by atoms with Gasteiger partial charge in [0.1, 0.15) is 17.1 Å². The Bertz CT molecular complexity index is 1280. The normalized spacial score (nSPS) is 12.2. The average molecular weight is 427 g/mol. The Balaban J connectivity index is 1.98.